The van der Waals surface area contributed by atoms with Gasteiger partial charge in [0.05, 0.1) is 23.8 Å². The molecule has 0 aromatic carbocycles. The van der Waals surface area contributed by atoms with E-state index in [-0.39, 0.29) is 11.6 Å². The fraction of sp³-hybridized carbons (Fsp3) is 0.312. The molecule has 9 nitrogen and oxygen atoms in total. The van der Waals surface area contributed by atoms with Crippen LogP contribution in [0.1, 0.15) is 21.9 Å². The highest BCUT2D eigenvalue weighted by atomic mass is 16.2. The average Bonchev–Trinajstić information content (AvgIpc) is 3.12. The molecule has 0 spiro atoms. The zero-order chi connectivity index (χ0) is 18.0. The monoisotopic (exact) mass is 340 g/mol. The Kier molecular flexibility index (Phi) is 4.57. The zero-order valence-electron chi connectivity index (χ0n) is 14.6. The predicted octanol–water partition coefficient (Wildman–Crippen LogP) is 1.02. The lowest BCUT2D eigenvalue weighted by atomic mass is 10.2. The summed E-state index contributed by atoms with van der Waals surface area (Å²) >= 11 is 0. The number of pyridine rings is 1. The van der Waals surface area contributed by atoms with Gasteiger partial charge in [-0.05, 0) is 33.2 Å². The molecule has 0 saturated carbocycles. The molecule has 0 aliphatic rings. The first-order chi connectivity index (χ1) is 11.9. The Morgan fingerprint density at radius 3 is 2.84 bits per heavy atom. The molecule has 0 radical (unpaired) electrons. The molecular weight excluding hydrogens is 320 g/mol. The Labute approximate surface area is 145 Å². The summed E-state index contributed by atoms with van der Waals surface area (Å²) in [7, 11) is 5.75. The number of carbonyl (C=O) groups excluding carboxylic acids is 1. The van der Waals surface area contributed by atoms with Crippen molar-refractivity contribution in [2.75, 3.05) is 19.4 Å². The molecule has 0 fully saturated rings. The van der Waals surface area contributed by atoms with Crippen LogP contribution in [0.15, 0.2) is 30.7 Å². The number of anilines is 1. The van der Waals surface area contributed by atoms with E-state index in [0.717, 1.165) is 11.4 Å². The number of aromatic nitrogens is 6. The summed E-state index contributed by atoms with van der Waals surface area (Å²) in [5, 5.41) is 15.0. The smallest absolute Gasteiger partial charge is 0.278 e. The lowest BCUT2D eigenvalue weighted by Crippen LogP contribution is -2.15. The number of aryl methyl sites for hydroxylation is 1. The van der Waals surface area contributed by atoms with Gasteiger partial charge in [0.25, 0.3) is 5.91 Å². The Bertz CT molecular complexity index is 895. The highest BCUT2D eigenvalue weighted by Crippen LogP contribution is 2.14. The summed E-state index contributed by atoms with van der Waals surface area (Å²) in [5.74, 6) is -0.311. The topological polar surface area (TPSA) is 93.8 Å². The summed E-state index contributed by atoms with van der Waals surface area (Å²) in [6.07, 6.45) is 5.15. The number of hydrogen-bond acceptors (Lipinski definition) is 6. The van der Waals surface area contributed by atoms with E-state index in [9.17, 15) is 4.79 Å². The predicted molar refractivity (Wildman–Crippen MR) is 92.4 cm³/mol. The largest absolute Gasteiger partial charge is 0.320 e. The third kappa shape index (κ3) is 3.72. The summed E-state index contributed by atoms with van der Waals surface area (Å²) in [5.41, 5.74) is 3.22. The second-order valence-electron chi connectivity index (χ2n) is 6.04. The van der Waals surface area contributed by atoms with Gasteiger partial charge in [-0.3, -0.25) is 14.5 Å². The second-order valence-corrected chi connectivity index (χ2v) is 6.04. The lowest BCUT2D eigenvalue weighted by molar-refractivity contribution is 0.102. The summed E-state index contributed by atoms with van der Waals surface area (Å²) in [6.45, 7) is 2.49. The molecule has 3 heterocycles. The molecule has 1 N–H and O–H groups in total. The van der Waals surface area contributed by atoms with E-state index < -0.39 is 0 Å². The Morgan fingerprint density at radius 1 is 1.36 bits per heavy atom. The maximum Gasteiger partial charge on any atom is 0.278 e. The molecule has 9 heteroatoms. The number of rotatable bonds is 5. The first-order valence-corrected chi connectivity index (χ1v) is 7.76. The van der Waals surface area contributed by atoms with Crippen LogP contribution in [0.25, 0.3) is 5.69 Å². The van der Waals surface area contributed by atoms with Gasteiger partial charge in [-0.2, -0.15) is 5.10 Å². The van der Waals surface area contributed by atoms with Gasteiger partial charge >= 0.3 is 0 Å². The van der Waals surface area contributed by atoms with Gasteiger partial charge in [0.15, 0.2) is 5.69 Å². The van der Waals surface area contributed by atoms with E-state index in [1.807, 2.05) is 32.1 Å². The third-order valence-corrected chi connectivity index (χ3v) is 3.60. The molecule has 0 bridgehead atoms. The number of hydrogen-bond donors (Lipinski definition) is 1. The van der Waals surface area contributed by atoms with Gasteiger partial charge in [0, 0.05) is 25.5 Å². The second kappa shape index (κ2) is 6.81. The van der Waals surface area contributed by atoms with Crippen LogP contribution < -0.4 is 5.32 Å². The van der Waals surface area contributed by atoms with Gasteiger partial charge in [0.2, 0.25) is 0 Å². The van der Waals surface area contributed by atoms with Crippen molar-refractivity contribution in [1.82, 2.24) is 34.7 Å². The summed E-state index contributed by atoms with van der Waals surface area (Å²) in [6, 6.07) is 3.59. The maximum absolute atomic E-state index is 12.5. The first-order valence-electron chi connectivity index (χ1n) is 7.76. The van der Waals surface area contributed by atoms with Crippen LogP contribution in [0.5, 0.6) is 0 Å². The van der Waals surface area contributed by atoms with Crippen molar-refractivity contribution >= 4 is 11.6 Å². The molecule has 0 aliphatic carbocycles. The molecule has 3 aromatic rings. The molecule has 0 unspecified atom stereocenters. The Morgan fingerprint density at radius 2 is 2.16 bits per heavy atom. The minimum absolute atomic E-state index is 0.273. The number of carbonyl (C=O) groups is 1. The summed E-state index contributed by atoms with van der Waals surface area (Å²) in [4.78, 5) is 18.8. The van der Waals surface area contributed by atoms with Crippen LogP contribution >= 0.6 is 0 Å². The van der Waals surface area contributed by atoms with Crippen LogP contribution in [-0.2, 0) is 13.6 Å². The number of nitrogens with zero attached hydrogens (tertiary/aromatic N) is 7. The molecule has 3 aromatic heterocycles. The van der Waals surface area contributed by atoms with Crippen molar-refractivity contribution in [1.29, 1.82) is 0 Å². The normalized spacial score (nSPS) is 11.1. The number of amides is 1. The van der Waals surface area contributed by atoms with Crippen molar-refractivity contribution in [2.45, 2.75) is 13.5 Å². The van der Waals surface area contributed by atoms with Crippen molar-refractivity contribution < 1.29 is 4.79 Å². The molecule has 0 atom stereocenters. The van der Waals surface area contributed by atoms with Gasteiger partial charge in [0.1, 0.15) is 5.69 Å². The highest BCUT2D eigenvalue weighted by molar-refractivity contribution is 6.03. The fourth-order valence-corrected chi connectivity index (χ4v) is 2.46. The SMILES string of the molecule is Cc1c(C(=O)Nc2ccnc(CN(C)C)c2)nnn1-c1cnn(C)c1. The summed E-state index contributed by atoms with van der Waals surface area (Å²) < 4.78 is 3.26. The van der Waals surface area contributed by atoms with Crippen molar-refractivity contribution in [3.8, 4) is 5.69 Å². The van der Waals surface area contributed by atoms with E-state index >= 15 is 0 Å². The molecule has 0 aliphatic heterocycles. The van der Waals surface area contributed by atoms with Crippen LogP contribution in [-0.4, -0.2) is 54.7 Å². The molecule has 0 saturated heterocycles. The van der Waals surface area contributed by atoms with Gasteiger partial charge in [-0.15, -0.1) is 5.10 Å². The van der Waals surface area contributed by atoms with Gasteiger partial charge < -0.3 is 10.2 Å². The maximum atomic E-state index is 12.5. The van der Waals surface area contributed by atoms with E-state index in [1.54, 1.807) is 40.9 Å². The van der Waals surface area contributed by atoms with E-state index in [4.69, 9.17) is 0 Å². The molecule has 3 rings (SSSR count). The lowest BCUT2D eigenvalue weighted by Gasteiger charge is -2.10. The quantitative estimate of drug-likeness (QED) is 0.745. The van der Waals surface area contributed by atoms with Gasteiger partial charge in [-0.1, -0.05) is 5.21 Å². The molecule has 1 amide bonds. The Balaban J connectivity index is 1.79. The van der Waals surface area contributed by atoms with Crippen molar-refractivity contribution in [3.05, 3.63) is 47.8 Å². The van der Waals surface area contributed by atoms with E-state index in [2.05, 4.69) is 25.7 Å². The molecule has 130 valence electrons. The Hall–Kier alpha value is -3.07. The van der Waals surface area contributed by atoms with Crippen molar-refractivity contribution in [2.24, 2.45) is 7.05 Å². The van der Waals surface area contributed by atoms with Crippen LogP contribution in [0, 0.1) is 6.92 Å². The highest BCUT2D eigenvalue weighted by Gasteiger charge is 2.18. The van der Waals surface area contributed by atoms with E-state index in [0.29, 0.717) is 17.9 Å². The first kappa shape index (κ1) is 16.8. The van der Waals surface area contributed by atoms with E-state index in [1.165, 1.54) is 0 Å². The average molecular weight is 340 g/mol. The number of nitrogens with one attached hydrogen (secondary N) is 1. The molecular formula is C16H20N8O. The zero-order valence-corrected chi connectivity index (χ0v) is 14.6. The van der Waals surface area contributed by atoms with Crippen LogP contribution in [0.3, 0.4) is 0 Å². The minimum atomic E-state index is -0.311. The minimum Gasteiger partial charge on any atom is -0.320 e. The van der Waals surface area contributed by atoms with Crippen LogP contribution in [0.2, 0.25) is 0 Å². The van der Waals surface area contributed by atoms with Crippen molar-refractivity contribution in [3.63, 3.8) is 0 Å². The third-order valence-electron chi connectivity index (χ3n) is 3.60. The van der Waals surface area contributed by atoms with Crippen LogP contribution in [0.4, 0.5) is 5.69 Å². The standard InChI is InChI=1S/C16H20N8O/c1-11-15(20-21-24(11)14-8-18-23(4)10-14)16(25)19-12-5-6-17-13(7-12)9-22(2)3/h5-8,10H,9H2,1-4H3,(H,17,19,25). The fourth-order valence-electron chi connectivity index (χ4n) is 2.46. The molecule has 25 heavy (non-hydrogen) atoms. The van der Waals surface area contributed by atoms with Gasteiger partial charge in [-0.25, -0.2) is 4.68 Å².